The van der Waals surface area contributed by atoms with E-state index >= 15 is 0 Å². The second-order valence-electron chi connectivity index (χ2n) is 6.50. The summed E-state index contributed by atoms with van der Waals surface area (Å²) in [6, 6.07) is 23.7. The quantitative estimate of drug-likeness (QED) is 0.615. The Hall–Kier alpha value is -2.85. The topological polar surface area (TPSA) is 41.6 Å². The van der Waals surface area contributed by atoms with Crippen molar-refractivity contribution in [3.05, 3.63) is 78.4 Å². The molecule has 0 radical (unpaired) electrons. The molecule has 1 N–H and O–H groups in total. The summed E-state index contributed by atoms with van der Waals surface area (Å²) in [5, 5.41) is 5.24. The minimum Gasteiger partial charge on any atom is -0.491 e. The van der Waals surface area contributed by atoms with Gasteiger partial charge in [0.15, 0.2) is 0 Å². The van der Waals surface area contributed by atoms with Crippen LogP contribution in [0.2, 0.25) is 0 Å². The summed E-state index contributed by atoms with van der Waals surface area (Å²) >= 11 is 0. The van der Waals surface area contributed by atoms with Crippen molar-refractivity contribution in [3.8, 4) is 5.75 Å². The number of rotatable bonds is 8. The van der Waals surface area contributed by atoms with Crippen molar-refractivity contribution >= 4 is 16.7 Å². The molecule has 4 heteroatoms. The molecule has 140 valence electrons. The molecule has 0 aromatic heterocycles. The molecule has 27 heavy (non-hydrogen) atoms. The molecule has 0 bridgehead atoms. The molecular weight excluding hydrogens is 336 g/mol. The summed E-state index contributed by atoms with van der Waals surface area (Å²) in [4.78, 5) is 14.8. The van der Waals surface area contributed by atoms with E-state index in [1.54, 1.807) is 0 Å². The highest BCUT2D eigenvalue weighted by Crippen LogP contribution is 2.25. The first-order chi connectivity index (χ1) is 13.2. The van der Waals surface area contributed by atoms with Gasteiger partial charge in [0.05, 0.1) is 6.54 Å². The molecule has 1 atom stereocenters. The number of likely N-dealkylation sites (N-methyl/N-ethyl adjacent to an activating group) is 1. The highest BCUT2D eigenvalue weighted by atomic mass is 16.5. The van der Waals surface area contributed by atoms with Crippen LogP contribution in [-0.2, 0) is 4.79 Å². The van der Waals surface area contributed by atoms with Crippen molar-refractivity contribution in [1.29, 1.82) is 0 Å². The number of carbonyl (C=O) groups excluding carboxylic acids is 1. The van der Waals surface area contributed by atoms with Crippen LogP contribution < -0.4 is 10.1 Å². The predicted octanol–water partition coefficient (Wildman–Crippen LogP) is 4.03. The molecule has 0 heterocycles. The van der Waals surface area contributed by atoms with Crippen molar-refractivity contribution in [2.45, 2.75) is 13.0 Å². The Bertz CT molecular complexity index is 874. The van der Waals surface area contributed by atoms with Crippen LogP contribution >= 0.6 is 0 Å². The first-order valence-corrected chi connectivity index (χ1v) is 9.34. The molecule has 0 saturated carbocycles. The second kappa shape index (κ2) is 9.19. The highest BCUT2D eigenvalue weighted by molar-refractivity contribution is 5.88. The third-order valence-electron chi connectivity index (χ3n) is 4.71. The van der Waals surface area contributed by atoms with Crippen molar-refractivity contribution in [2.75, 3.05) is 26.7 Å². The van der Waals surface area contributed by atoms with Crippen LogP contribution in [0.15, 0.2) is 72.8 Å². The maximum atomic E-state index is 12.8. The Labute approximate surface area is 160 Å². The number of nitrogens with one attached hydrogen (secondary N) is 1. The van der Waals surface area contributed by atoms with E-state index in [1.807, 2.05) is 79.5 Å². The third kappa shape index (κ3) is 4.66. The van der Waals surface area contributed by atoms with Crippen molar-refractivity contribution < 1.29 is 9.53 Å². The second-order valence-corrected chi connectivity index (χ2v) is 6.50. The molecule has 0 aliphatic rings. The minimum absolute atomic E-state index is 0.00734. The summed E-state index contributed by atoms with van der Waals surface area (Å²) in [7, 11) is 1.96. The summed E-state index contributed by atoms with van der Waals surface area (Å²) in [5.41, 5.74) is 0.995. The highest BCUT2D eigenvalue weighted by Gasteiger charge is 2.23. The Kier molecular flexibility index (Phi) is 6.44. The number of ether oxygens (including phenoxy) is 1. The first kappa shape index (κ1) is 18.9. The predicted molar refractivity (Wildman–Crippen MR) is 110 cm³/mol. The summed E-state index contributed by atoms with van der Waals surface area (Å²) in [6.07, 6.45) is 0. The van der Waals surface area contributed by atoms with Gasteiger partial charge in [-0.2, -0.15) is 0 Å². The van der Waals surface area contributed by atoms with Gasteiger partial charge in [-0.05, 0) is 30.6 Å². The fraction of sp³-hybridized carbons (Fsp3) is 0.261. The fourth-order valence-corrected chi connectivity index (χ4v) is 3.18. The number of fused-ring (bicyclic) bond motifs is 1. The van der Waals surface area contributed by atoms with Gasteiger partial charge in [0.2, 0.25) is 5.91 Å². The zero-order valence-electron chi connectivity index (χ0n) is 15.9. The molecule has 1 unspecified atom stereocenters. The largest absolute Gasteiger partial charge is 0.491 e. The summed E-state index contributed by atoms with van der Waals surface area (Å²) < 4.78 is 5.91. The first-order valence-electron chi connectivity index (χ1n) is 9.34. The van der Waals surface area contributed by atoms with Crippen molar-refractivity contribution in [1.82, 2.24) is 10.2 Å². The fourth-order valence-electron chi connectivity index (χ4n) is 3.18. The lowest BCUT2D eigenvalue weighted by Crippen LogP contribution is -2.40. The average molecular weight is 362 g/mol. The zero-order chi connectivity index (χ0) is 19.1. The number of nitrogens with zero attached hydrogens (tertiary/aromatic N) is 1. The lowest BCUT2D eigenvalue weighted by Gasteiger charge is -2.26. The zero-order valence-corrected chi connectivity index (χ0v) is 15.9. The van der Waals surface area contributed by atoms with E-state index < -0.39 is 0 Å². The van der Waals surface area contributed by atoms with Crippen molar-refractivity contribution in [3.63, 3.8) is 0 Å². The van der Waals surface area contributed by atoms with E-state index in [0.717, 1.165) is 28.6 Å². The van der Waals surface area contributed by atoms with Gasteiger partial charge < -0.3 is 10.1 Å². The number of hydrogen-bond acceptors (Lipinski definition) is 3. The number of benzene rings is 3. The van der Waals surface area contributed by atoms with Crippen LogP contribution in [0.5, 0.6) is 5.75 Å². The van der Waals surface area contributed by atoms with Crippen LogP contribution in [0.4, 0.5) is 0 Å². The van der Waals surface area contributed by atoms with Crippen LogP contribution in [0, 0.1) is 0 Å². The summed E-state index contributed by atoms with van der Waals surface area (Å²) in [6.45, 7) is 3.73. The lowest BCUT2D eigenvalue weighted by molar-refractivity contribution is -0.126. The maximum Gasteiger partial charge on any atom is 0.242 e. The average Bonchev–Trinajstić information content (AvgIpc) is 2.72. The molecule has 3 rings (SSSR count). The number of amides is 1. The molecule has 3 aromatic carbocycles. The van der Waals surface area contributed by atoms with Gasteiger partial charge in [-0.15, -0.1) is 0 Å². The minimum atomic E-state index is -0.297. The van der Waals surface area contributed by atoms with Gasteiger partial charge in [-0.3, -0.25) is 9.69 Å². The van der Waals surface area contributed by atoms with Gasteiger partial charge in [-0.25, -0.2) is 0 Å². The van der Waals surface area contributed by atoms with E-state index in [2.05, 4.69) is 17.4 Å². The van der Waals surface area contributed by atoms with E-state index in [1.165, 1.54) is 0 Å². The van der Waals surface area contributed by atoms with E-state index in [9.17, 15) is 4.79 Å². The monoisotopic (exact) mass is 362 g/mol. The molecule has 1 amide bonds. The van der Waals surface area contributed by atoms with E-state index in [-0.39, 0.29) is 11.9 Å². The molecule has 0 spiro atoms. The number of carbonyl (C=O) groups is 1. The van der Waals surface area contributed by atoms with Crippen LogP contribution in [0.25, 0.3) is 10.8 Å². The normalized spacial score (nSPS) is 12.1. The number of hydrogen-bond donors (Lipinski definition) is 1. The van der Waals surface area contributed by atoms with Gasteiger partial charge in [0.25, 0.3) is 0 Å². The Morgan fingerprint density at radius 3 is 2.48 bits per heavy atom. The molecule has 3 aromatic rings. The van der Waals surface area contributed by atoms with Crippen LogP contribution in [0.3, 0.4) is 0 Å². The summed E-state index contributed by atoms with van der Waals surface area (Å²) in [5.74, 6) is 0.833. The van der Waals surface area contributed by atoms with Crippen LogP contribution in [-0.4, -0.2) is 37.6 Å². The van der Waals surface area contributed by atoms with Gasteiger partial charge in [-0.1, -0.05) is 73.7 Å². The Morgan fingerprint density at radius 1 is 1.00 bits per heavy atom. The standard InChI is InChI=1S/C23H26N2O2/c1-3-25(2)22(19-11-5-4-6-12-19)23(26)24-16-17-27-21-15-9-13-18-10-7-8-14-20(18)21/h4-15,22H,3,16-17H2,1-2H3,(H,24,26). The molecular formula is C23H26N2O2. The van der Waals surface area contributed by atoms with Crippen molar-refractivity contribution in [2.24, 2.45) is 0 Å². The van der Waals surface area contributed by atoms with E-state index in [0.29, 0.717) is 13.2 Å². The lowest BCUT2D eigenvalue weighted by atomic mass is 10.0. The van der Waals surface area contributed by atoms with E-state index in [4.69, 9.17) is 4.74 Å². The Balaban J connectivity index is 1.59. The third-order valence-corrected chi connectivity index (χ3v) is 4.71. The molecule has 0 aliphatic carbocycles. The van der Waals surface area contributed by atoms with Gasteiger partial charge >= 0.3 is 0 Å². The molecule has 0 fully saturated rings. The maximum absolute atomic E-state index is 12.8. The molecule has 0 aliphatic heterocycles. The van der Waals surface area contributed by atoms with Gasteiger partial charge in [0, 0.05) is 5.39 Å². The van der Waals surface area contributed by atoms with Gasteiger partial charge in [0.1, 0.15) is 18.4 Å². The SMILES string of the molecule is CCN(C)C(C(=O)NCCOc1cccc2ccccc12)c1ccccc1. The molecule has 0 saturated heterocycles. The van der Waals surface area contributed by atoms with Crippen LogP contribution in [0.1, 0.15) is 18.5 Å². The smallest absolute Gasteiger partial charge is 0.242 e. The Morgan fingerprint density at radius 2 is 1.70 bits per heavy atom. The molecule has 4 nitrogen and oxygen atoms in total.